The molecule has 0 saturated heterocycles. The summed E-state index contributed by atoms with van der Waals surface area (Å²) in [5, 5.41) is 10.1. The van der Waals surface area contributed by atoms with Gasteiger partial charge in [0.2, 0.25) is 5.91 Å². The van der Waals surface area contributed by atoms with Crippen molar-refractivity contribution in [3.05, 3.63) is 59.0 Å². The van der Waals surface area contributed by atoms with E-state index in [4.69, 9.17) is 0 Å². The number of carbonyl (C=O) groups is 1. The van der Waals surface area contributed by atoms with Gasteiger partial charge in [-0.3, -0.25) is 14.8 Å². The summed E-state index contributed by atoms with van der Waals surface area (Å²) in [7, 11) is 3.78. The number of likely N-dealkylation sites (N-methyl/N-ethyl adjacent to an activating group) is 1. The Labute approximate surface area is 145 Å². The number of amides is 1. The fourth-order valence-corrected chi connectivity index (χ4v) is 3.44. The Kier molecular flexibility index (Phi) is 4.78. The molecule has 0 aliphatic carbocycles. The molecule has 6 heteroatoms. The van der Waals surface area contributed by atoms with Crippen LogP contribution in [0.4, 0.5) is 5.82 Å². The molecule has 124 valence electrons. The summed E-state index contributed by atoms with van der Waals surface area (Å²) < 4.78 is 0. The Morgan fingerprint density at radius 3 is 2.58 bits per heavy atom. The van der Waals surface area contributed by atoms with Gasteiger partial charge in [-0.1, -0.05) is 30.3 Å². The average molecular weight is 340 g/mol. The summed E-state index contributed by atoms with van der Waals surface area (Å²) >= 11 is 1.69. The van der Waals surface area contributed by atoms with Crippen LogP contribution in [0.5, 0.6) is 0 Å². The lowest BCUT2D eigenvalue weighted by molar-refractivity contribution is -0.120. The van der Waals surface area contributed by atoms with Crippen molar-refractivity contribution in [3.8, 4) is 10.6 Å². The third kappa shape index (κ3) is 3.55. The second-order valence-electron chi connectivity index (χ2n) is 5.84. The van der Waals surface area contributed by atoms with E-state index < -0.39 is 0 Å². The van der Waals surface area contributed by atoms with Crippen LogP contribution in [-0.4, -0.2) is 35.1 Å². The van der Waals surface area contributed by atoms with E-state index >= 15 is 0 Å². The molecule has 24 heavy (non-hydrogen) atoms. The summed E-state index contributed by atoms with van der Waals surface area (Å²) in [6, 6.07) is 15.3. The van der Waals surface area contributed by atoms with Crippen LogP contribution in [0.15, 0.2) is 48.5 Å². The predicted octanol–water partition coefficient (Wildman–Crippen LogP) is 3.69. The fraction of sp³-hybridized carbons (Fsp3) is 0.222. The van der Waals surface area contributed by atoms with Crippen LogP contribution in [-0.2, 0) is 4.79 Å². The summed E-state index contributed by atoms with van der Waals surface area (Å²) in [6.45, 7) is 2.06. The minimum Gasteiger partial charge on any atom is -0.308 e. The second kappa shape index (κ2) is 6.98. The Morgan fingerprint density at radius 2 is 1.96 bits per heavy atom. The molecule has 1 aromatic carbocycles. The first-order chi connectivity index (χ1) is 11.5. The van der Waals surface area contributed by atoms with Crippen molar-refractivity contribution < 1.29 is 4.79 Å². The molecule has 3 aromatic rings. The van der Waals surface area contributed by atoms with E-state index in [1.54, 1.807) is 11.3 Å². The highest BCUT2D eigenvalue weighted by Crippen LogP contribution is 2.28. The van der Waals surface area contributed by atoms with Crippen LogP contribution in [0, 0.1) is 6.92 Å². The standard InChI is InChI=1S/C18H20N4OS/c1-12-9-10-15(24-12)14-11-16(21-20-14)19-18(23)17(22(2)3)13-7-5-4-6-8-13/h4-11,17H,1-3H3,(H2,19,20,21,23). The van der Waals surface area contributed by atoms with Gasteiger partial charge in [-0.15, -0.1) is 11.3 Å². The average Bonchev–Trinajstić information content (AvgIpc) is 3.17. The number of H-pyrrole nitrogens is 1. The lowest BCUT2D eigenvalue weighted by Crippen LogP contribution is -2.32. The van der Waals surface area contributed by atoms with Crippen molar-refractivity contribution >= 4 is 23.1 Å². The Hall–Kier alpha value is -2.44. The Balaban J connectivity index is 1.77. The number of nitrogens with zero attached hydrogens (tertiary/aromatic N) is 2. The minimum absolute atomic E-state index is 0.105. The monoisotopic (exact) mass is 340 g/mol. The molecule has 0 spiro atoms. The third-order valence-corrected chi connectivity index (χ3v) is 4.75. The molecule has 1 unspecified atom stereocenters. The number of hydrogen-bond donors (Lipinski definition) is 2. The number of aryl methyl sites for hydroxylation is 1. The Bertz CT molecular complexity index is 822. The van der Waals surface area contributed by atoms with E-state index in [0.29, 0.717) is 5.82 Å². The number of aromatic amines is 1. The van der Waals surface area contributed by atoms with Crippen LogP contribution in [0.25, 0.3) is 10.6 Å². The molecule has 2 heterocycles. The van der Waals surface area contributed by atoms with Gasteiger partial charge in [0, 0.05) is 10.9 Å². The lowest BCUT2D eigenvalue weighted by atomic mass is 10.1. The third-order valence-electron chi connectivity index (χ3n) is 3.72. The SMILES string of the molecule is Cc1ccc(-c2cc(NC(=O)C(c3ccccc3)N(C)C)n[nH]2)s1. The van der Waals surface area contributed by atoms with Crippen LogP contribution < -0.4 is 5.32 Å². The Morgan fingerprint density at radius 1 is 1.21 bits per heavy atom. The highest BCUT2D eigenvalue weighted by atomic mass is 32.1. The van der Waals surface area contributed by atoms with Crippen LogP contribution in [0.3, 0.4) is 0 Å². The van der Waals surface area contributed by atoms with Gasteiger partial charge >= 0.3 is 0 Å². The quantitative estimate of drug-likeness (QED) is 0.745. The van der Waals surface area contributed by atoms with Gasteiger partial charge in [0.05, 0.1) is 10.6 Å². The van der Waals surface area contributed by atoms with Crippen molar-refractivity contribution in [3.63, 3.8) is 0 Å². The van der Waals surface area contributed by atoms with E-state index in [9.17, 15) is 4.79 Å². The lowest BCUT2D eigenvalue weighted by Gasteiger charge is -2.23. The first kappa shape index (κ1) is 16.4. The summed E-state index contributed by atoms with van der Waals surface area (Å²) in [5.74, 6) is 0.426. The number of benzene rings is 1. The number of hydrogen-bond acceptors (Lipinski definition) is 4. The zero-order valence-corrected chi connectivity index (χ0v) is 14.7. The molecule has 0 saturated carbocycles. The maximum atomic E-state index is 12.7. The highest BCUT2D eigenvalue weighted by molar-refractivity contribution is 7.15. The van der Waals surface area contributed by atoms with E-state index in [0.717, 1.165) is 16.1 Å². The van der Waals surface area contributed by atoms with Gasteiger partial charge in [-0.2, -0.15) is 5.10 Å². The molecule has 1 atom stereocenters. The topological polar surface area (TPSA) is 61.0 Å². The van der Waals surface area contributed by atoms with Gasteiger partial charge in [0.25, 0.3) is 0 Å². The molecular weight excluding hydrogens is 320 g/mol. The molecule has 2 N–H and O–H groups in total. The molecule has 0 bridgehead atoms. The summed E-state index contributed by atoms with van der Waals surface area (Å²) in [4.78, 5) is 16.9. The second-order valence-corrected chi connectivity index (χ2v) is 7.13. The van der Waals surface area contributed by atoms with E-state index in [-0.39, 0.29) is 11.9 Å². The van der Waals surface area contributed by atoms with Crippen molar-refractivity contribution in [2.24, 2.45) is 0 Å². The zero-order valence-electron chi connectivity index (χ0n) is 13.9. The first-order valence-electron chi connectivity index (χ1n) is 7.69. The van der Waals surface area contributed by atoms with Crippen molar-refractivity contribution in [1.82, 2.24) is 15.1 Å². The molecule has 0 aliphatic rings. The van der Waals surface area contributed by atoms with E-state index in [1.807, 2.05) is 61.5 Å². The first-order valence-corrected chi connectivity index (χ1v) is 8.50. The summed E-state index contributed by atoms with van der Waals surface area (Å²) in [5.41, 5.74) is 1.86. The molecule has 0 fully saturated rings. The normalized spacial score (nSPS) is 12.3. The van der Waals surface area contributed by atoms with Crippen LogP contribution >= 0.6 is 11.3 Å². The van der Waals surface area contributed by atoms with E-state index in [1.165, 1.54) is 4.88 Å². The van der Waals surface area contributed by atoms with Gasteiger partial charge in [-0.05, 0) is 38.7 Å². The number of nitrogens with one attached hydrogen (secondary N) is 2. The van der Waals surface area contributed by atoms with Gasteiger partial charge in [0.1, 0.15) is 6.04 Å². The highest BCUT2D eigenvalue weighted by Gasteiger charge is 2.23. The molecular formula is C18H20N4OS. The van der Waals surface area contributed by atoms with Crippen LogP contribution in [0.2, 0.25) is 0 Å². The maximum Gasteiger partial charge on any atom is 0.247 e. The van der Waals surface area contributed by atoms with Crippen molar-refractivity contribution in [1.29, 1.82) is 0 Å². The van der Waals surface area contributed by atoms with Crippen molar-refractivity contribution in [2.45, 2.75) is 13.0 Å². The molecule has 2 aromatic heterocycles. The largest absolute Gasteiger partial charge is 0.308 e. The number of carbonyl (C=O) groups excluding carboxylic acids is 1. The molecule has 3 rings (SSSR count). The van der Waals surface area contributed by atoms with Gasteiger partial charge in [0.15, 0.2) is 5.82 Å². The molecule has 1 amide bonds. The summed E-state index contributed by atoms with van der Waals surface area (Å²) in [6.07, 6.45) is 0. The number of anilines is 1. The molecule has 0 aliphatic heterocycles. The number of aromatic nitrogens is 2. The molecule has 5 nitrogen and oxygen atoms in total. The smallest absolute Gasteiger partial charge is 0.247 e. The van der Waals surface area contributed by atoms with Crippen LogP contribution in [0.1, 0.15) is 16.5 Å². The van der Waals surface area contributed by atoms with Gasteiger partial charge < -0.3 is 5.32 Å². The zero-order chi connectivity index (χ0) is 17.1. The molecule has 0 radical (unpaired) electrons. The number of thiophene rings is 1. The van der Waals surface area contributed by atoms with E-state index in [2.05, 4.69) is 28.5 Å². The minimum atomic E-state index is -0.365. The predicted molar refractivity (Wildman–Crippen MR) is 98.1 cm³/mol. The maximum absolute atomic E-state index is 12.7. The fourth-order valence-electron chi connectivity index (χ4n) is 2.61. The van der Waals surface area contributed by atoms with Gasteiger partial charge in [-0.25, -0.2) is 0 Å². The number of rotatable bonds is 5. The van der Waals surface area contributed by atoms with Crippen molar-refractivity contribution in [2.75, 3.05) is 19.4 Å².